The Morgan fingerprint density at radius 3 is 2.70 bits per heavy atom. The fourth-order valence-electron chi connectivity index (χ4n) is 2.96. The van der Waals surface area contributed by atoms with Gasteiger partial charge < -0.3 is 4.52 Å². The number of nitrogens with one attached hydrogen (secondary N) is 1. The summed E-state index contributed by atoms with van der Waals surface area (Å²) in [5.41, 5.74) is 3.21. The Balaban J connectivity index is 1.59. The molecule has 1 N–H and O–H groups in total. The molecule has 0 saturated carbocycles. The standard InChI is InChI=1S/C17H9N3O2S/c21-16(12-7-8-18-22-12)20-17-19-14-10-5-1-3-9-4-2-6-11(13(9)10)15(14)23-17/h1-8H,(H,19,20,21). The summed E-state index contributed by atoms with van der Waals surface area (Å²) >= 11 is 1.47. The lowest BCUT2D eigenvalue weighted by atomic mass is 10.0. The first-order chi connectivity index (χ1) is 11.3. The summed E-state index contributed by atoms with van der Waals surface area (Å²) < 4.78 is 4.86. The van der Waals surface area contributed by atoms with Crippen molar-refractivity contribution >= 4 is 33.1 Å². The normalized spacial score (nSPS) is 11.7. The molecule has 2 heterocycles. The summed E-state index contributed by atoms with van der Waals surface area (Å²) in [5.74, 6) is -0.177. The van der Waals surface area contributed by atoms with Gasteiger partial charge in [-0.15, -0.1) is 0 Å². The Hall–Kier alpha value is -2.99. The zero-order valence-electron chi connectivity index (χ0n) is 11.7. The summed E-state index contributed by atoms with van der Waals surface area (Å²) in [4.78, 5) is 17.8. The van der Waals surface area contributed by atoms with Crippen LogP contribution in [0.4, 0.5) is 5.13 Å². The number of hydrogen-bond donors (Lipinski definition) is 1. The fraction of sp³-hybridized carbons (Fsp3) is 0. The monoisotopic (exact) mass is 319 g/mol. The molecule has 0 bridgehead atoms. The van der Waals surface area contributed by atoms with Crippen LogP contribution in [-0.4, -0.2) is 16.0 Å². The van der Waals surface area contributed by atoms with Crippen LogP contribution in [0.15, 0.2) is 53.2 Å². The second kappa shape index (κ2) is 4.50. The van der Waals surface area contributed by atoms with Crippen molar-refractivity contribution in [1.29, 1.82) is 0 Å². The summed E-state index contributed by atoms with van der Waals surface area (Å²) in [6, 6.07) is 14.0. The van der Waals surface area contributed by atoms with E-state index in [1.165, 1.54) is 39.9 Å². The number of carbonyl (C=O) groups excluding carboxylic acids is 1. The Labute approximate surface area is 134 Å². The van der Waals surface area contributed by atoms with Gasteiger partial charge in [0.25, 0.3) is 5.91 Å². The maximum Gasteiger partial charge on any atom is 0.296 e. The number of rotatable bonds is 2. The predicted octanol–water partition coefficient (Wildman–Crippen LogP) is 4.18. The van der Waals surface area contributed by atoms with Crippen LogP contribution in [0, 0.1) is 0 Å². The molecule has 6 heteroatoms. The second-order valence-corrected chi connectivity index (χ2v) is 6.24. The van der Waals surface area contributed by atoms with Gasteiger partial charge in [0, 0.05) is 17.2 Å². The molecule has 0 saturated heterocycles. The molecule has 0 aliphatic heterocycles. The molecule has 0 unspecified atom stereocenters. The molecular formula is C17H9N3O2S. The van der Waals surface area contributed by atoms with Crippen molar-refractivity contribution in [2.45, 2.75) is 0 Å². The highest BCUT2D eigenvalue weighted by atomic mass is 32.1. The van der Waals surface area contributed by atoms with Crippen LogP contribution in [0.5, 0.6) is 0 Å². The van der Waals surface area contributed by atoms with E-state index < -0.39 is 0 Å². The number of carbonyl (C=O) groups is 1. The molecular weight excluding hydrogens is 310 g/mol. The van der Waals surface area contributed by atoms with Crippen molar-refractivity contribution in [3.63, 3.8) is 0 Å². The number of fused-ring (bicyclic) bond motifs is 3. The molecule has 0 radical (unpaired) electrons. The van der Waals surface area contributed by atoms with Crippen molar-refractivity contribution < 1.29 is 9.32 Å². The molecule has 0 atom stereocenters. The summed E-state index contributed by atoms with van der Waals surface area (Å²) in [5, 5.41) is 9.31. The van der Waals surface area contributed by atoms with E-state index in [4.69, 9.17) is 4.52 Å². The van der Waals surface area contributed by atoms with E-state index in [1.807, 2.05) is 12.1 Å². The van der Waals surface area contributed by atoms with Crippen LogP contribution < -0.4 is 5.32 Å². The molecule has 5 nitrogen and oxygen atoms in total. The molecule has 5 rings (SSSR count). The van der Waals surface area contributed by atoms with E-state index in [9.17, 15) is 4.79 Å². The molecule has 0 spiro atoms. The lowest BCUT2D eigenvalue weighted by Gasteiger charge is -2.02. The fourth-order valence-corrected chi connectivity index (χ4v) is 3.96. The number of nitrogens with zero attached hydrogens (tertiary/aromatic N) is 2. The van der Waals surface area contributed by atoms with Crippen LogP contribution in [0.1, 0.15) is 10.6 Å². The van der Waals surface area contributed by atoms with Crippen LogP contribution in [0.3, 0.4) is 0 Å². The van der Waals surface area contributed by atoms with Crippen molar-refractivity contribution in [2.75, 3.05) is 5.32 Å². The first-order valence-electron chi connectivity index (χ1n) is 7.06. The Morgan fingerprint density at radius 1 is 1.09 bits per heavy atom. The number of thiazole rings is 1. The zero-order chi connectivity index (χ0) is 15.4. The second-order valence-electron chi connectivity index (χ2n) is 5.24. The molecule has 110 valence electrons. The molecule has 4 aromatic rings. The number of hydrogen-bond acceptors (Lipinski definition) is 5. The molecule has 2 aromatic carbocycles. The predicted molar refractivity (Wildman–Crippen MR) is 88.5 cm³/mol. The molecule has 23 heavy (non-hydrogen) atoms. The van der Waals surface area contributed by atoms with E-state index in [0.717, 1.165) is 16.1 Å². The van der Waals surface area contributed by atoms with Crippen molar-refractivity contribution in [3.05, 3.63) is 54.4 Å². The van der Waals surface area contributed by atoms with E-state index in [0.29, 0.717) is 5.13 Å². The van der Waals surface area contributed by atoms with Gasteiger partial charge in [-0.2, -0.15) is 0 Å². The molecule has 1 aliphatic rings. The van der Waals surface area contributed by atoms with E-state index >= 15 is 0 Å². The van der Waals surface area contributed by atoms with Crippen LogP contribution in [-0.2, 0) is 0 Å². The third-order valence-corrected chi connectivity index (χ3v) is 4.92. The van der Waals surface area contributed by atoms with Gasteiger partial charge in [0.1, 0.15) is 0 Å². The molecule has 1 aliphatic carbocycles. The Bertz CT molecular complexity index is 1010. The number of benzene rings is 2. The van der Waals surface area contributed by atoms with Gasteiger partial charge in [-0.1, -0.05) is 52.9 Å². The number of aromatic nitrogens is 2. The number of anilines is 1. The van der Waals surface area contributed by atoms with Crippen LogP contribution in [0.25, 0.3) is 32.5 Å². The maximum absolute atomic E-state index is 12.1. The Morgan fingerprint density at radius 2 is 1.91 bits per heavy atom. The molecule has 0 fully saturated rings. The van der Waals surface area contributed by atoms with Gasteiger partial charge >= 0.3 is 0 Å². The quantitative estimate of drug-likeness (QED) is 0.530. The number of amides is 1. The van der Waals surface area contributed by atoms with Gasteiger partial charge in [-0.05, 0) is 10.8 Å². The third-order valence-electron chi connectivity index (χ3n) is 3.91. The largest absolute Gasteiger partial charge is 0.351 e. The van der Waals surface area contributed by atoms with Gasteiger partial charge in [-0.25, -0.2) is 4.98 Å². The van der Waals surface area contributed by atoms with Gasteiger partial charge in [0.15, 0.2) is 5.13 Å². The van der Waals surface area contributed by atoms with Crippen LogP contribution in [0.2, 0.25) is 0 Å². The summed E-state index contributed by atoms with van der Waals surface area (Å²) in [7, 11) is 0. The molecule has 1 amide bonds. The van der Waals surface area contributed by atoms with Crippen molar-refractivity contribution in [1.82, 2.24) is 10.1 Å². The minimum atomic E-state index is -0.346. The molecule has 2 aromatic heterocycles. The van der Waals surface area contributed by atoms with Crippen molar-refractivity contribution in [2.24, 2.45) is 0 Å². The van der Waals surface area contributed by atoms with Crippen molar-refractivity contribution in [3.8, 4) is 21.7 Å². The van der Waals surface area contributed by atoms with Crippen LogP contribution >= 0.6 is 11.3 Å². The van der Waals surface area contributed by atoms with E-state index in [2.05, 4.69) is 39.7 Å². The summed E-state index contributed by atoms with van der Waals surface area (Å²) in [6.45, 7) is 0. The van der Waals surface area contributed by atoms with Gasteiger partial charge in [0.2, 0.25) is 5.76 Å². The average molecular weight is 319 g/mol. The average Bonchev–Trinajstić information content (AvgIpc) is 3.27. The van der Waals surface area contributed by atoms with E-state index in [-0.39, 0.29) is 11.7 Å². The maximum atomic E-state index is 12.1. The Kier molecular flexibility index (Phi) is 2.46. The summed E-state index contributed by atoms with van der Waals surface area (Å²) in [6.07, 6.45) is 1.44. The van der Waals surface area contributed by atoms with E-state index in [1.54, 1.807) is 0 Å². The van der Waals surface area contributed by atoms with Gasteiger partial charge in [0.05, 0.1) is 16.8 Å². The zero-order valence-corrected chi connectivity index (χ0v) is 12.6. The third kappa shape index (κ3) is 1.75. The SMILES string of the molecule is O=C(Nc1nc2c(s1)-c1cccc3cccc-2c13)c1ccno1. The van der Waals surface area contributed by atoms with Gasteiger partial charge in [-0.3, -0.25) is 10.1 Å². The lowest BCUT2D eigenvalue weighted by molar-refractivity contribution is 0.0988. The first-order valence-corrected chi connectivity index (χ1v) is 7.88. The minimum Gasteiger partial charge on any atom is -0.351 e. The highest BCUT2D eigenvalue weighted by Crippen LogP contribution is 2.50. The highest BCUT2D eigenvalue weighted by molar-refractivity contribution is 7.20. The minimum absolute atomic E-state index is 0.169. The topological polar surface area (TPSA) is 68.0 Å². The lowest BCUT2D eigenvalue weighted by Crippen LogP contribution is -2.10. The highest BCUT2D eigenvalue weighted by Gasteiger charge is 2.26. The first kappa shape index (κ1) is 12.5. The smallest absolute Gasteiger partial charge is 0.296 e.